The molecule has 19 heavy (non-hydrogen) atoms. The van der Waals surface area contributed by atoms with E-state index in [1.54, 1.807) is 0 Å². The van der Waals surface area contributed by atoms with E-state index in [1.165, 1.54) is 19.3 Å². The largest absolute Gasteiger partial charge is 0.463 e. The van der Waals surface area contributed by atoms with E-state index < -0.39 is 0 Å². The maximum Gasteiger partial charge on any atom is 0.118 e. The number of nitrogens with zero attached hydrogens (tertiary/aromatic N) is 2. The standard InChI is InChI=1S/C15H27N3O/c1-17(2)9-4-10-18(3)12-15-8-7-14(19-15)11-16-13-5-6-13/h7-8,13,16H,4-6,9-12H2,1-3H3. The Hall–Kier alpha value is -0.840. The van der Waals surface area contributed by atoms with Crippen LogP contribution >= 0.6 is 0 Å². The first kappa shape index (κ1) is 14.6. The topological polar surface area (TPSA) is 31.6 Å². The molecule has 1 fully saturated rings. The molecule has 0 aliphatic heterocycles. The second-order valence-corrected chi connectivity index (χ2v) is 5.92. The van der Waals surface area contributed by atoms with Crippen LogP contribution in [0.25, 0.3) is 0 Å². The molecule has 1 aliphatic carbocycles. The minimum atomic E-state index is 0.738. The molecule has 1 aromatic rings. The Kier molecular flexibility index (Phi) is 5.43. The smallest absolute Gasteiger partial charge is 0.118 e. The maximum atomic E-state index is 5.85. The number of hydrogen-bond donors (Lipinski definition) is 1. The van der Waals surface area contributed by atoms with Gasteiger partial charge in [0, 0.05) is 6.04 Å². The average Bonchev–Trinajstić information content (AvgIpc) is 3.07. The molecule has 0 radical (unpaired) electrons. The van der Waals surface area contributed by atoms with Gasteiger partial charge >= 0.3 is 0 Å². The predicted octanol–water partition coefficient (Wildman–Crippen LogP) is 1.92. The quantitative estimate of drug-likeness (QED) is 0.739. The van der Waals surface area contributed by atoms with Crippen molar-refractivity contribution in [3.05, 3.63) is 23.7 Å². The van der Waals surface area contributed by atoms with Gasteiger partial charge in [0.2, 0.25) is 0 Å². The molecule has 1 aromatic heterocycles. The van der Waals surface area contributed by atoms with E-state index >= 15 is 0 Å². The average molecular weight is 265 g/mol. The third-order valence-electron chi connectivity index (χ3n) is 3.43. The van der Waals surface area contributed by atoms with Crippen molar-refractivity contribution < 1.29 is 4.42 Å². The predicted molar refractivity (Wildman–Crippen MR) is 78.1 cm³/mol. The van der Waals surface area contributed by atoms with Crippen LogP contribution in [0.4, 0.5) is 0 Å². The van der Waals surface area contributed by atoms with E-state index in [9.17, 15) is 0 Å². The maximum absolute atomic E-state index is 5.85. The fraction of sp³-hybridized carbons (Fsp3) is 0.733. The third-order valence-corrected chi connectivity index (χ3v) is 3.43. The van der Waals surface area contributed by atoms with Crippen LogP contribution in [0.15, 0.2) is 16.5 Å². The molecule has 0 aromatic carbocycles. The van der Waals surface area contributed by atoms with Gasteiger partial charge in [0.1, 0.15) is 11.5 Å². The summed E-state index contributed by atoms with van der Waals surface area (Å²) in [5.74, 6) is 2.13. The summed E-state index contributed by atoms with van der Waals surface area (Å²) < 4.78 is 5.85. The van der Waals surface area contributed by atoms with Crippen LogP contribution in [0, 0.1) is 0 Å². The third kappa shape index (κ3) is 5.76. The summed E-state index contributed by atoms with van der Waals surface area (Å²) in [6.07, 6.45) is 3.84. The molecule has 0 unspecified atom stereocenters. The van der Waals surface area contributed by atoms with Crippen LogP contribution in [-0.4, -0.2) is 50.1 Å². The fourth-order valence-electron chi connectivity index (χ4n) is 2.14. The first-order chi connectivity index (χ1) is 9.13. The normalized spacial score (nSPS) is 15.6. The molecule has 0 saturated heterocycles. The zero-order valence-corrected chi connectivity index (χ0v) is 12.5. The van der Waals surface area contributed by atoms with Gasteiger partial charge in [-0.2, -0.15) is 0 Å². The van der Waals surface area contributed by atoms with Crippen LogP contribution in [0.2, 0.25) is 0 Å². The second-order valence-electron chi connectivity index (χ2n) is 5.92. The van der Waals surface area contributed by atoms with Gasteiger partial charge in [0.05, 0.1) is 13.1 Å². The lowest BCUT2D eigenvalue weighted by atomic mass is 10.3. The summed E-state index contributed by atoms with van der Waals surface area (Å²) in [5.41, 5.74) is 0. The summed E-state index contributed by atoms with van der Waals surface area (Å²) in [6.45, 7) is 4.01. The minimum Gasteiger partial charge on any atom is -0.463 e. The summed E-state index contributed by atoms with van der Waals surface area (Å²) in [7, 11) is 6.39. The lowest BCUT2D eigenvalue weighted by molar-refractivity contribution is 0.270. The molecule has 4 heteroatoms. The number of nitrogens with one attached hydrogen (secondary N) is 1. The van der Waals surface area contributed by atoms with Crippen molar-refractivity contribution in [3.63, 3.8) is 0 Å². The van der Waals surface area contributed by atoms with E-state index in [2.05, 4.69) is 48.4 Å². The van der Waals surface area contributed by atoms with Crippen molar-refractivity contribution in [1.29, 1.82) is 0 Å². The van der Waals surface area contributed by atoms with Crippen molar-refractivity contribution >= 4 is 0 Å². The lowest BCUT2D eigenvalue weighted by Gasteiger charge is -2.16. The van der Waals surface area contributed by atoms with Gasteiger partial charge in [0.15, 0.2) is 0 Å². The van der Waals surface area contributed by atoms with Gasteiger partial charge < -0.3 is 14.6 Å². The van der Waals surface area contributed by atoms with Gasteiger partial charge in [-0.25, -0.2) is 0 Å². The Labute approximate surface area is 116 Å². The van der Waals surface area contributed by atoms with Crippen LogP contribution in [0.3, 0.4) is 0 Å². The van der Waals surface area contributed by atoms with E-state index in [4.69, 9.17) is 4.42 Å². The first-order valence-corrected chi connectivity index (χ1v) is 7.28. The molecule has 0 bridgehead atoms. The van der Waals surface area contributed by atoms with Crippen molar-refractivity contribution in [2.45, 2.75) is 38.4 Å². The van der Waals surface area contributed by atoms with Gasteiger partial charge in [-0.3, -0.25) is 4.90 Å². The summed E-state index contributed by atoms with van der Waals surface area (Å²) >= 11 is 0. The van der Waals surface area contributed by atoms with Crippen molar-refractivity contribution in [3.8, 4) is 0 Å². The molecule has 1 N–H and O–H groups in total. The van der Waals surface area contributed by atoms with Gasteiger partial charge in [0.25, 0.3) is 0 Å². The molecule has 0 atom stereocenters. The van der Waals surface area contributed by atoms with Crippen molar-refractivity contribution in [2.24, 2.45) is 0 Å². The van der Waals surface area contributed by atoms with E-state index in [-0.39, 0.29) is 0 Å². The molecule has 0 spiro atoms. The highest BCUT2D eigenvalue weighted by Gasteiger charge is 2.20. The Morgan fingerprint density at radius 2 is 1.89 bits per heavy atom. The van der Waals surface area contributed by atoms with Crippen LogP contribution in [0.5, 0.6) is 0 Å². The monoisotopic (exact) mass is 265 g/mol. The summed E-state index contributed by atoms with van der Waals surface area (Å²) in [5, 5.41) is 3.47. The highest BCUT2D eigenvalue weighted by atomic mass is 16.3. The van der Waals surface area contributed by atoms with Gasteiger partial charge in [-0.15, -0.1) is 0 Å². The molecular formula is C15H27N3O. The molecule has 4 nitrogen and oxygen atoms in total. The van der Waals surface area contributed by atoms with Gasteiger partial charge in [-0.05, 0) is 65.6 Å². The Morgan fingerprint density at radius 3 is 2.58 bits per heavy atom. The second kappa shape index (κ2) is 7.08. The van der Waals surface area contributed by atoms with Crippen LogP contribution in [0.1, 0.15) is 30.8 Å². The number of furan rings is 1. The Bertz CT molecular complexity index is 371. The number of rotatable bonds is 9. The Morgan fingerprint density at radius 1 is 1.16 bits per heavy atom. The lowest BCUT2D eigenvalue weighted by Crippen LogP contribution is -2.23. The summed E-state index contributed by atoms with van der Waals surface area (Å²) in [6, 6.07) is 4.94. The van der Waals surface area contributed by atoms with Crippen LogP contribution in [-0.2, 0) is 13.1 Å². The van der Waals surface area contributed by atoms with E-state index in [0.717, 1.165) is 43.7 Å². The zero-order chi connectivity index (χ0) is 13.7. The van der Waals surface area contributed by atoms with Crippen LogP contribution < -0.4 is 5.32 Å². The Balaban J connectivity index is 1.66. The first-order valence-electron chi connectivity index (χ1n) is 7.28. The minimum absolute atomic E-state index is 0.738. The van der Waals surface area contributed by atoms with Crippen molar-refractivity contribution in [2.75, 3.05) is 34.2 Å². The van der Waals surface area contributed by atoms with Gasteiger partial charge in [-0.1, -0.05) is 0 Å². The van der Waals surface area contributed by atoms with E-state index in [1.807, 2.05) is 0 Å². The molecule has 2 rings (SSSR count). The molecule has 1 saturated carbocycles. The molecule has 0 amide bonds. The molecule has 1 aliphatic rings. The number of hydrogen-bond acceptors (Lipinski definition) is 4. The zero-order valence-electron chi connectivity index (χ0n) is 12.5. The molecule has 108 valence electrons. The SMILES string of the molecule is CN(C)CCCN(C)Cc1ccc(CNC2CC2)o1. The fourth-order valence-corrected chi connectivity index (χ4v) is 2.14. The molecule has 1 heterocycles. The highest BCUT2D eigenvalue weighted by Crippen LogP contribution is 2.19. The summed E-state index contributed by atoms with van der Waals surface area (Å²) in [4.78, 5) is 4.54. The van der Waals surface area contributed by atoms with Crippen molar-refractivity contribution in [1.82, 2.24) is 15.1 Å². The highest BCUT2D eigenvalue weighted by molar-refractivity contribution is 5.07. The van der Waals surface area contributed by atoms with E-state index in [0.29, 0.717) is 0 Å². The molecular weight excluding hydrogens is 238 g/mol.